The normalized spacial score (nSPS) is 12.6. The van der Waals surface area contributed by atoms with E-state index in [1.807, 2.05) is 30.5 Å². The van der Waals surface area contributed by atoms with Crippen LogP contribution in [0.25, 0.3) is 0 Å². The molecule has 0 fully saturated rings. The number of nitrogens with two attached hydrogens (primary N) is 1. The number of imidazole rings is 1. The first kappa shape index (κ1) is 12.1. The molecule has 1 aromatic carbocycles. The third kappa shape index (κ3) is 2.51. The van der Waals surface area contributed by atoms with Crippen molar-refractivity contribution in [1.82, 2.24) is 9.55 Å². The van der Waals surface area contributed by atoms with Gasteiger partial charge in [-0.2, -0.15) is 0 Å². The van der Waals surface area contributed by atoms with Crippen molar-refractivity contribution in [1.29, 1.82) is 0 Å². The van der Waals surface area contributed by atoms with Gasteiger partial charge in [0.05, 0.1) is 6.04 Å². The quantitative estimate of drug-likeness (QED) is 0.905. The van der Waals surface area contributed by atoms with Crippen molar-refractivity contribution in [3.05, 3.63) is 53.1 Å². The van der Waals surface area contributed by atoms with Crippen LogP contribution in [0.3, 0.4) is 0 Å². The van der Waals surface area contributed by atoms with Crippen LogP contribution in [0, 0.1) is 0 Å². The summed E-state index contributed by atoms with van der Waals surface area (Å²) in [5, 5.41) is 0.686. The summed E-state index contributed by atoms with van der Waals surface area (Å²) in [6, 6.07) is 7.36. The van der Waals surface area contributed by atoms with E-state index >= 15 is 0 Å². The van der Waals surface area contributed by atoms with Crippen molar-refractivity contribution in [3.63, 3.8) is 0 Å². The zero-order valence-corrected chi connectivity index (χ0v) is 10.6. The predicted octanol–water partition coefficient (Wildman–Crippen LogP) is 2.99. The molecule has 0 saturated carbocycles. The van der Waals surface area contributed by atoms with E-state index in [4.69, 9.17) is 17.3 Å². The van der Waals surface area contributed by atoms with Gasteiger partial charge in [-0.1, -0.05) is 36.7 Å². The molecular weight excluding hydrogens is 234 g/mol. The van der Waals surface area contributed by atoms with Gasteiger partial charge < -0.3 is 10.3 Å². The molecule has 1 aromatic heterocycles. The number of halogens is 1. The molecule has 17 heavy (non-hydrogen) atoms. The summed E-state index contributed by atoms with van der Waals surface area (Å²) in [6.45, 7) is 3.05. The predicted molar refractivity (Wildman–Crippen MR) is 70.0 cm³/mol. The molecule has 0 aliphatic carbocycles. The molecule has 0 radical (unpaired) electrons. The molecule has 1 unspecified atom stereocenters. The van der Waals surface area contributed by atoms with Gasteiger partial charge in [0.25, 0.3) is 0 Å². The molecule has 4 heteroatoms. The molecule has 0 amide bonds. The van der Waals surface area contributed by atoms with Crippen molar-refractivity contribution in [3.8, 4) is 0 Å². The van der Waals surface area contributed by atoms with Crippen LogP contribution in [0.2, 0.25) is 5.02 Å². The monoisotopic (exact) mass is 249 g/mol. The average molecular weight is 250 g/mol. The van der Waals surface area contributed by atoms with Crippen molar-refractivity contribution in [2.45, 2.75) is 25.9 Å². The highest BCUT2D eigenvalue weighted by Crippen LogP contribution is 2.25. The number of nitrogens with zero attached hydrogens (tertiary/aromatic N) is 2. The van der Waals surface area contributed by atoms with Crippen LogP contribution in [-0.2, 0) is 6.54 Å². The first-order valence-corrected chi connectivity index (χ1v) is 6.13. The summed E-state index contributed by atoms with van der Waals surface area (Å²) < 4.78 is 2.08. The van der Waals surface area contributed by atoms with Gasteiger partial charge in [-0.15, -0.1) is 0 Å². The van der Waals surface area contributed by atoms with E-state index in [0.29, 0.717) is 5.02 Å². The third-order valence-electron chi connectivity index (χ3n) is 2.73. The minimum absolute atomic E-state index is 0.273. The Morgan fingerprint density at radius 2 is 2.18 bits per heavy atom. The van der Waals surface area contributed by atoms with E-state index in [9.17, 15) is 0 Å². The zero-order chi connectivity index (χ0) is 12.3. The maximum atomic E-state index is 6.22. The van der Waals surface area contributed by atoms with Crippen LogP contribution < -0.4 is 5.73 Å². The fourth-order valence-electron chi connectivity index (χ4n) is 1.90. The Labute approximate surface area is 106 Å². The van der Waals surface area contributed by atoms with E-state index in [-0.39, 0.29) is 6.04 Å². The second-order valence-electron chi connectivity index (χ2n) is 3.98. The van der Waals surface area contributed by atoms with Gasteiger partial charge in [0.1, 0.15) is 5.82 Å². The van der Waals surface area contributed by atoms with E-state index in [1.165, 1.54) is 0 Å². The summed E-state index contributed by atoms with van der Waals surface area (Å²) in [7, 11) is 0. The van der Waals surface area contributed by atoms with Gasteiger partial charge in [-0.25, -0.2) is 4.98 Å². The van der Waals surface area contributed by atoms with E-state index in [1.54, 1.807) is 6.20 Å². The van der Waals surface area contributed by atoms with Crippen LogP contribution in [0.15, 0.2) is 36.7 Å². The Kier molecular flexibility index (Phi) is 3.82. The lowest BCUT2D eigenvalue weighted by molar-refractivity contribution is 0.613. The lowest BCUT2D eigenvalue weighted by Gasteiger charge is -2.15. The molecule has 0 aliphatic heterocycles. The Hall–Kier alpha value is -1.32. The Bertz CT molecular complexity index is 493. The zero-order valence-electron chi connectivity index (χ0n) is 9.81. The standard InChI is InChI=1S/C13H16ClN3/c1-2-8-17-9-7-16-13(17)12(15)10-5-3-4-6-11(10)14/h3-7,9,12H,2,8,15H2,1H3. The fraction of sp³-hybridized carbons (Fsp3) is 0.308. The molecule has 0 bridgehead atoms. The molecule has 3 nitrogen and oxygen atoms in total. The van der Waals surface area contributed by atoms with Crippen LogP contribution >= 0.6 is 11.6 Å². The first-order valence-electron chi connectivity index (χ1n) is 5.75. The van der Waals surface area contributed by atoms with Gasteiger partial charge in [0.15, 0.2) is 0 Å². The molecule has 0 saturated heterocycles. The molecule has 1 heterocycles. The molecule has 0 aliphatic rings. The Morgan fingerprint density at radius 3 is 2.88 bits per heavy atom. The largest absolute Gasteiger partial charge is 0.333 e. The number of rotatable bonds is 4. The van der Waals surface area contributed by atoms with Gasteiger partial charge in [0.2, 0.25) is 0 Å². The number of benzene rings is 1. The number of hydrogen-bond acceptors (Lipinski definition) is 2. The summed E-state index contributed by atoms with van der Waals surface area (Å²) >= 11 is 6.15. The van der Waals surface area contributed by atoms with Gasteiger partial charge in [-0.05, 0) is 18.1 Å². The first-order chi connectivity index (χ1) is 8.24. The smallest absolute Gasteiger partial charge is 0.130 e. The van der Waals surface area contributed by atoms with Crippen molar-refractivity contribution < 1.29 is 0 Å². The van der Waals surface area contributed by atoms with Gasteiger partial charge in [0, 0.05) is 24.0 Å². The van der Waals surface area contributed by atoms with E-state index in [0.717, 1.165) is 24.4 Å². The van der Waals surface area contributed by atoms with Gasteiger partial charge >= 0.3 is 0 Å². The maximum Gasteiger partial charge on any atom is 0.130 e. The van der Waals surface area contributed by atoms with Gasteiger partial charge in [-0.3, -0.25) is 0 Å². The molecule has 0 spiro atoms. The average Bonchev–Trinajstić information content (AvgIpc) is 2.78. The summed E-state index contributed by atoms with van der Waals surface area (Å²) in [6.07, 6.45) is 4.79. The molecule has 2 aromatic rings. The highest BCUT2D eigenvalue weighted by molar-refractivity contribution is 6.31. The Balaban J connectivity index is 2.34. The maximum absolute atomic E-state index is 6.22. The lowest BCUT2D eigenvalue weighted by atomic mass is 10.1. The fourth-order valence-corrected chi connectivity index (χ4v) is 2.15. The van der Waals surface area contributed by atoms with Crippen LogP contribution in [-0.4, -0.2) is 9.55 Å². The third-order valence-corrected chi connectivity index (χ3v) is 3.07. The minimum atomic E-state index is -0.273. The SMILES string of the molecule is CCCn1ccnc1C(N)c1ccccc1Cl. The Morgan fingerprint density at radius 1 is 1.41 bits per heavy atom. The van der Waals surface area contributed by atoms with Crippen LogP contribution in [0.4, 0.5) is 0 Å². The summed E-state index contributed by atoms with van der Waals surface area (Å²) in [5.74, 6) is 0.861. The second-order valence-corrected chi connectivity index (χ2v) is 4.39. The number of aromatic nitrogens is 2. The minimum Gasteiger partial charge on any atom is -0.333 e. The highest BCUT2D eigenvalue weighted by atomic mass is 35.5. The summed E-state index contributed by atoms with van der Waals surface area (Å²) in [4.78, 5) is 4.33. The second kappa shape index (κ2) is 5.34. The van der Waals surface area contributed by atoms with Crippen molar-refractivity contribution in [2.75, 3.05) is 0 Å². The molecule has 2 N–H and O–H groups in total. The number of aryl methyl sites for hydroxylation is 1. The van der Waals surface area contributed by atoms with Crippen LogP contribution in [0.1, 0.15) is 30.8 Å². The van der Waals surface area contributed by atoms with Crippen LogP contribution in [0.5, 0.6) is 0 Å². The molecular formula is C13H16ClN3. The van der Waals surface area contributed by atoms with Crippen molar-refractivity contribution >= 4 is 11.6 Å². The topological polar surface area (TPSA) is 43.8 Å². The lowest BCUT2D eigenvalue weighted by Crippen LogP contribution is -2.18. The molecule has 1 atom stereocenters. The number of hydrogen-bond donors (Lipinski definition) is 1. The highest BCUT2D eigenvalue weighted by Gasteiger charge is 2.16. The van der Waals surface area contributed by atoms with E-state index < -0.39 is 0 Å². The van der Waals surface area contributed by atoms with E-state index in [2.05, 4.69) is 16.5 Å². The molecule has 90 valence electrons. The van der Waals surface area contributed by atoms with Crippen molar-refractivity contribution in [2.24, 2.45) is 5.73 Å². The molecule has 2 rings (SSSR count). The summed E-state index contributed by atoms with van der Waals surface area (Å²) in [5.41, 5.74) is 7.14.